The molecule has 2 aromatic heterocycles. The number of amides is 8. The van der Waals surface area contributed by atoms with Crippen LogP contribution in [-0.2, 0) is 42.9 Å². The molecule has 2 fully saturated rings. The molecule has 3 aliphatic rings. The van der Waals surface area contributed by atoms with Crippen molar-refractivity contribution in [2.75, 3.05) is 82.9 Å². The van der Waals surface area contributed by atoms with Gasteiger partial charge in [-0.1, -0.05) is 36.4 Å². The zero-order valence-electron chi connectivity index (χ0n) is 46.2. The average Bonchev–Trinajstić information content (AvgIpc) is 4.28. The fourth-order valence-electron chi connectivity index (χ4n) is 9.04. The molecular formula is C54H76N10O13S2. The number of anilines is 2. The number of hydrogen-bond donors (Lipinski definition) is 7. The van der Waals surface area contributed by atoms with Crippen LogP contribution in [0.4, 0.5) is 19.6 Å². The van der Waals surface area contributed by atoms with E-state index in [2.05, 4.69) is 31.6 Å². The molecule has 0 unspecified atom stereocenters. The van der Waals surface area contributed by atoms with Gasteiger partial charge < -0.3 is 60.9 Å². The summed E-state index contributed by atoms with van der Waals surface area (Å²) in [6.07, 6.45) is 2.41. The van der Waals surface area contributed by atoms with Gasteiger partial charge in [-0.25, -0.2) is 9.59 Å². The molecule has 0 radical (unpaired) electrons. The minimum atomic E-state index is -1.12. The topological polar surface area (TPSA) is 314 Å². The second kappa shape index (κ2) is 30.0. The predicted molar refractivity (Wildman–Crippen MR) is 303 cm³/mol. The highest BCUT2D eigenvalue weighted by Gasteiger charge is 2.47. The molecule has 0 saturated carbocycles. The number of rotatable bonds is 21. The molecule has 0 bridgehead atoms. The smallest absolute Gasteiger partial charge is 0.319 e. The quantitative estimate of drug-likeness (QED) is 0.0349. The largest absolute Gasteiger partial charge is 0.466 e. The first-order valence-electron chi connectivity index (χ1n) is 26.8. The number of esters is 2. The third kappa shape index (κ3) is 16.6. The van der Waals surface area contributed by atoms with Crippen LogP contribution in [0.5, 0.6) is 0 Å². The Kier molecular flexibility index (Phi) is 23.9. The van der Waals surface area contributed by atoms with Crippen molar-refractivity contribution in [3.8, 4) is 0 Å². The summed E-state index contributed by atoms with van der Waals surface area (Å²) in [5.41, 5.74) is 10.3. The van der Waals surface area contributed by atoms with Gasteiger partial charge in [-0.05, 0) is 86.3 Å². The fourth-order valence-corrected chi connectivity index (χ4v) is 11.2. The van der Waals surface area contributed by atoms with Crippen LogP contribution in [0.1, 0.15) is 121 Å². The molecule has 7 rings (SSSR count). The number of carbonyl (C=O) groups is 8. The second-order valence-corrected chi connectivity index (χ2v) is 20.4. The molecular weight excluding hydrogens is 1060 g/mol. The van der Waals surface area contributed by atoms with Crippen LogP contribution in [0.15, 0.2) is 53.5 Å². The molecule has 8 amide bonds. The number of ether oxygens (including phenoxy) is 5. The molecule has 432 valence electrons. The number of nitrogens with one attached hydrogen (secondary N) is 5. The van der Waals surface area contributed by atoms with E-state index in [1.54, 1.807) is 23.6 Å². The molecule has 5 heterocycles. The van der Waals surface area contributed by atoms with Crippen molar-refractivity contribution in [2.24, 2.45) is 16.5 Å². The van der Waals surface area contributed by atoms with Crippen LogP contribution in [0, 0.1) is 0 Å². The molecule has 23 nitrogen and oxygen atoms in total. The Bertz CT molecular complexity index is 2780. The van der Waals surface area contributed by atoms with Gasteiger partial charge in [-0.15, -0.1) is 22.7 Å². The molecule has 2 aromatic carbocycles. The first kappa shape index (κ1) is 63.1. The normalized spacial score (nSPS) is 15.4. The Labute approximate surface area is 468 Å². The van der Waals surface area contributed by atoms with Gasteiger partial charge in [-0.2, -0.15) is 0 Å². The van der Waals surface area contributed by atoms with Crippen LogP contribution in [-0.4, -0.2) is 153 Å². The summed E-state index contributed by atoms with van der Waals surface area (Å²) in [4.78, 5) is 106. The van der Waals surface area contributed by atoms with E-state index in [1.807, 2.05) is 83.1 Å². The van der Waals surface area contributed by atoms with E-state index in [0.29, 0.717) is 138 Å². The maximum Gasteiger partial charge on any atom is 0.319 e. The Morgan fingerprint density at radius 2 is 1.08 bits per heavy atom. The molecule has 3 aliphatic heterocycles. The van der Waals surface area contributed by atoms with Crippen molar-refractivity contribution in [1.29, 1.82) is 0 Å². The summed E-state index contributed by atoms with van der Waals surface area (Å²) >= 11 is 2.71. The van der Waals surface area contributed by atoms with Crippen molar-refractivity contribution in [3.05, 3.63) is 59.7 Å². The van der Waals surface area contributed by atoms with E-state index in [1.165, 1.54) is 22.7 Å². The number of fused-ring (bicyclic) bond motifs is 2. The molecule has 0 aliphatic carbocycles. The van der Waals surface area contributed by atoms with Crippen molar-refractivity contribution in [3.63, 3.8) is 0 Å². The van der Waals surface area contributed by atoms with Crippen molar-refractivity contribution >= 4 is 106 Å². The van der Waals surface area contributed by atoms with E-state index >= 15 is 0 Å². The number of primary amides is 1. The number of benzene rings is 2. The number of thiophene rings is 2. The number of nitrogens with zero attached hydrogens (tertiary/aromatic N) is 3. The molecule has 25 heteroatoms. The Morgan fingerprint density at radius 3 is 1.49 bits per heavy atom. The molecule has 1 spiro atoms. The number of nitrogens with two attached hydrogens (primary N) is 2. The van der Waals surface area contributed by atoms with E-state index in [-0.39, 0.29) is 54.6 Å². The first-order chi connectivity index (χ1) is 37.9. The van der Waals surface area contributed by atoms with Gasteiger partial charge in [0.05, 0.1) is 42.7 Å². The van der Waals surface area contributed by atoms with Gasteiger partial charge >= 0.3 is 24.0 Å². The minimum Gasteiger partial charge on any atom is -0.466 e. The molecule has 2 saturated heterocycles. The number of piperidine rings is 2. The van der Waals surface area contributed by atoms with Crippen molar-refractivity contribution in [1.82, 2.24) is 25.8 Å². The van der Waals surface area contributed by atoms with Crippen LogP contribution in [0.2, 0.25) is 0 Å². The second-order valence-electron chi connectivity index (χ2n) is 18.3. The summed E-state index contributed by atoms with van der Waals surface area (Å²) in [5, 5.41) is 16.3. The number of amidine groups is 1. The van der Waals surface area contributed by atoms with Gasteiger partial charge in [0.2, 0.25) is 5.91 Å². The summed E-state index contributed by atoms with van der Waals surface area (Å²) in [5.74, 6) is -2.34. The van der Waals surface area contributed by atoms with E-state index in [9.17, 15) is 38.4 Å². The van der Waals surface area contributed by atoms with E-state index in [0.717, 1.165) is 20.2 Å². The number of carbonyl (C=O) groups excluding carboxylic acids is 8. The highest BCUT2D eigenvalue weighted by atomic mass is 32.1. The summed E-state index contributed by atoms with van der Waals surface area (Å²) < 4.78 is 28.1. The van der Waals surface area contributed by atoms with Gasteiger partial charge in [-0.3, -0.25) is 44.4 Å². The summed E-state index contributed by atoms with van der Waals surface area (Å²) in [7, 11) is 0. The third-order valence-electron chi connectivity index (χ3n) is 13.0. The number of likely N-dealkylation sites (tertiary alicyclic amines) is 2. The van der Waals surface area contributed by atoms with Gasteiger partial charge in [0.25, 0.3) is 23.7 Å². The SMILES string of the molecule is CCNC(=O)Nc1sc2ccccc2c1C(=O)N1CCC(N)(C(N)=O)CC1.CCNC(=O)Nc1sc2ccccc2c1C(=O)N1CCC2(CC1)N=C(CCC(=O)OCC)NC2=O.CCOC(=O)CCC(OCC)(OCC)OCC. The van der Waals surface area contributed by atoms with Crippen LogP contribution >= 0.6 is 22.7 Å². The lowest BCUT2D eigenvalue weighted by Gasteiger charge is -2.37. The standard InChI is InChI=1S/C24H29N5O5S.C18H23N5O3S.C12H24O5/c1-3-25-23(33)27-20-19(15-7-5-6-8-16(15)35-20)21(31)29-13-11-24(12-14-29)22(32)26-17(28-24)9-10-18(30)34-4-2;1-2-21-17(26)22-14-13(11-5-3-4-6-12(11)27-14)15(24)23-9-7-18(20,8-10-23)16(19)25;1-5-14-11(13)9-10-12(15-6-2,16-7-3)17-8-4/h5-8H,3-4,9-14H2,1-2H3,(H2,25,27,33)(H,26,28,32);3-6H,2,7-10,20H2,1H3,(H2,19,25)(H2,21,22,26);5-10H2,1-4H3. The lowest BCUT2D eigenvalue weighted by atomic mass is 9.87. The summed E-state index contributed by atoms with van der Waals surface area (Å²) in [6.45, 7) is 17.1. The maximum atomic E-state index is 13.6. The lowest BCUT2D eigenvalue weighted by Crippen LogP contribution is -2.59. The Hall–Kier alpha value is -6.77. The van der Waals surface area contributed by atoms with Crippen LogP contribution in [0.25, 0.3) is 20.2 Å². The minimum absolute atomic E-state index is 0.153. The van der Waals surface area contributed by atoms with E-state index < -0.39 is 23.0 Å². The highest BCUT2D eigenvalue weighted by Crippen LogP contribution is 2.40. The monoisotopic (exact) mass is 1140 g/mol. The summed E-state index contributed by atoms with van der Waals surface area (Å²) in [6, 6.07) is 14.3. The van der Waals surface area contributed by atoms with Gasteiger partial charge in [0.1, 0.15) is 21.4 Å². The molecule has 0 atom stereocenters. The maximum absolute atomic E-state index is 13.6. The van der Waals surface area contributed by atoms with Crippen LogP contribution < -0.4 is 38.1 Å². The number of hydrogen-bond acceptors (Lipinski definition) is 17. The zero-order chi connectivity index (χ0) is 57.8. The average molecular weight is 1140 g/mol. The highest BCUT2D eigenvalue weighted by molar-refractivity contribution is 7.24. The number of aliphatic imine (C=N–C) groups is 1. The predicted octanol–water partition coefficient (Wildman–Crippen LogP) is 6.44. The van der Waals surface area contributed by atoms with E-state index in [4.69, 9.17) is 35.2 Å². The Balaban J connectivity index is 0.000000232. The molecule has 9 N–H and O–H groups in total. The van der Waals surface area contributed by atoms with Gasteiger partial charge in [0, 0.05) is 92.1 Å². The van der Waals surface area contributed by atoms with Crippen molar-refractivity contribution in [2.45, 2.75) is 117 Å². The molecule has 4 aromatic rings. The van der Waals surface area contributed by atoms with Gasteiger partial charge in [0.15, 0.2) is 0 Å². The van der Waals surface area contributed by atoms with Crippen LogP contribution in [0.3, 0.4) is 0 Å². The lowest BCUT2D eigenvalue weighted by molar-refractivity contribution is -0.379. The third-order valence-corrected chi connectivity index (χ3v) is 15.2. The van der Waals surface area contributed by atoms with Crippen molar-refractivity contribution < 1.29 is 62.0 Å². The Morgan fingerprint density at radius 1 is 0.646 bits per heavy atom. The number of urea groups is 2. The first-order valence-corrected chi connectivity index (χ1v) is 28.4. The molecule has 79 heavy (non-hydrogen) atoms. The fraction of sp³-hybridized carbons (Fsp3) is 0.537. The zero-order valence-corrected chi connectivity index (χ0v) is 47.8.